The lowest BCUT2D eigenvalue weighted by atomic mass is 10.0. The molecule has 0 bridgehead atoms. The lowest BCUT2D eigenvalue weighted by Crippen LogP contribution is -2.06. The summed E-state index contributed by atoms with van der Waals surface area (Å²) in [5.74, 6) is 0.234. The number of nitro groups is 1. The Balaban J connectivity index is 1.81. The summed E-state index contributed by atoms with van der Waals surface area (Å²) in [6.07, 6.45) is 1.63. The fourth-order valence-corrected chi connectivity index (χ4v) is 2.56. The van der Waals surface area contributed by atoms with Crippen LogP contribution in [0.2, 0.25) is 0 Å². The van der Waals surface area contributed by atoms with Gasteiger partial charge in [-0.05, 0) is 17.7 Å². The van der Waals surface area contributed by atoms with Gasteiger partial charge < -0.3 is 10.1 Å². The van der Waals surface area contributed by atoms with Crippen LogP contribution in [-0.2, 0) is 6.54 Å². The SMILES string of the molecule is COc1ccc(CNc2ccc(C(=O)c3ccccc3)cc2[N+](=O)[O-])cn1. The van der Waals surface area contributed by atoms with E-state index in [0.29, 0.717) is 23.7 Å². The van der Waals surface area contributed by atoms with E-state index in [0.717, 1.165) is 5.56 Å². The number of nitrogens with zero attached hydrogens (tertiary/aromatic N) is 2. The molecule has 0 saturated heterocycles. The van der Waals surface area contributed by atoms with Crippen LogP contribution in [0.15, 0.2) is 66.9 Å². The second-order valence-corrected chi connectivity index (χ2v) is 5.75. The van der Waals surface area contributed by atoms with E-state index in [2.05, 4.69) is 10.3 Å². The highest BCUT2D eigenvalue weighted by Gasteiger charge is 2.18. The van der Waals surface area contributed by atoms with Gasteiger partial charge in [0.15, 0.2) is 5.78 Å². The van der Waals surface area contributed by atoms with Gasteiger partial charge in [0.2, 0.25) is 5.88 Å². The molecule has 136 valence electrons. The first kappa shape index (κ1) is 18.1. The molecule has 1 heterocycles. The fourth-order valence-electron chi connectivity index (χ4n) is 2.56. The summed E-state index contributed by atoms with van der Waals surface area (Å²) >= 11 is 0. The second kappa shape index (κ2) is 8.09. The van der Waals surface area contributed by atoms with Gasteiger partial charge in [0.1, 0.15) is 5.69 Å². The van der Waals surface area contributed by atoms with Crippen LogP contribution < -0.4 is 10.1 Å². The minimum Gasteiger partial charge on any atom is -0.481 e. The van der Waals surface area contributed by atoms with Gasteiger partial charge in [-0.25, -0.2) is 4.98 Å². The summed E-state index contributed by atoms with van der Waals surface area (Å²) in [6.45, 7) is 0.351. The number of anilines is 1. The molecule has 0 radical (unpaired) electrons. The molecule has 0 amide bonds. The summed E-state index contributed by atoms with van der Waals surface area (Å²) in [5, 5.41) is 14.5. The molecule has 1 N–H and O–H groups in total. The first-order valence-electron chi connectivity index (χ1n) is 8.19. The second-order valence-electron chi connectivity index (χ2n) is 5.75. The van der Waals surface area contributed by atoms with Crippen molar-refractivity contribution in [3.05, 3.63) is 93.7 Å². The number of nitrogens with one attached hydrogen (secondary N) is 1. The van der Waals surface area contributed by atoms with Crippen molar-refractivity contribution in [2.75, 3.05) is 12.4 Å². The van der Waals surface area contributed by atoms with Crippen LogP contribution in [0, 0.1) is 10.1 Å². The molecule has 0 aliphatic rings. The molecule has 3 rings (SSSR count). The van der Waals surface area contributed by atoms with Gasteiger partial charge in [0, 0.05) is 36.0 Å². The summed E-state index contributed by atoms with van der Waals surface area (Å²) in [6, 6.07) is 16.6. The number of ketones is 1. The maximum absolute atomic E-state index is 12.5. The average molecular weight is 363 g/mol. The smallest absolute Gasteiger partial charge is 0.293 e. The minimum absolute atomic E-state index is 0.154. The molecule has 27 heavy (non-hydrogen) atoms. The number of pyridine rings is 1. The van der Waals surface area contributed by atoms with Crippen LogP contribution in [0.5, 0.6) is 5.88 Å². The van der Waals surface area contributed by atoms with E-state index in [4.69, 9.17) is 4.74 Å². The van der Waals surface area contributed by atoms with E-state index in [-0.39, 0.29) is 17.0 Å². The number of benzene rings is 2. The highest BCUT2D eigenvalue weighted by atomic mass is 16.6. The highest BCUT2D eigenvalue weighted by Crippen LogP contribution is 2.27. The Kier molecular flexibility index (Phi) is 5.41. The van der Waals surface area contributed by atoms with Gasteiger partial charge >= 0.3 is 0 Å². The van der Waals surface area contributed by atoms with Crippen LogP contribution >= 0.6 is 0 Å². The van der Waals surface area contributed by atoms with Crippen LogP contribution in [0.3, 0.4) is 0 Å². The zero-order valence-corrected chi connectivity index (χ0v) is 14.6. The molecule has 0 atom stereocenters. The van der Waals surface area contributed by atoms with E-state index in [1.54, 1.807) is 54.7 Å². The monoisotopic (exact) mass is 363 g/mol. The number of methoxy groups -OCH3 is 1. The quantitative estimate of drug-likeness (QED) is 0.389. The van der Waals surface area contributed by atoms with Crippen molar-refractivity contribution in [1.82, 2.24) is 4.98 Å². The van der Waals surface area contributed by atoms with E-state index in [1.165, 1.54) is 13.2 Å². The van der Waals surface area contributed by atoms with Gasteiger partial charge in [-0.2, -0.15) is 0 Å². The van der Waals surface area contributed by atoms with Crippen molar-refractivity contribution < 1.29 is 14.5 Å². The van der Waals surface area contributed by atoms with Crippen molar-refractivity contribution in [1.29, 1.82) is 0 Å². The van der Waals surface area contributed by atoms with Crippen LogP contribution in [0.4, 0.5) is 11.4 Å². The van der Waals surface area contributed by atoms with Gasteiger partial charge in [-0.15, -0.1) is 0 Å². The third-order valence-electron chi connectivity index (χ3n) is 3.98. The van der Waals surface area contributed by atoms with E-state index in [1.807, 2.05) is 6.07 Å². The molecule has 0 unspecified atom stereocenters. The fraction of sp³-hybridized carbons (Fsp3) is 0.100. The molecule has 0 aliphatic carbocycles. The van der Waals surface area contributed by atoms with Crippen LogP contribution in [0.25, 0.3) is 0 Å². The maximum Gasteiger partial charge on any atom is 0.293 e. The normalized spacial score (nSPS) is 10.3. The van der Waals surface area contributed by atoms with E-state index >= 15 is 0 Å². The summed E-state index contributed by atoms with van der Waals surface area (Å²) < 4.78 is 5.00. The van der Waals surface area contributed by atoms with Crippen LogP contribution in [0.1, 0.15) is 21.5 Å². The number of aromatic nitrogens is 1. The van der Waals surface area contributed by atoms with Gasteiger partial charge in [0.05, 0.1) is 12.0 Å². The summed E-state index contributed by atoms with van der Waals surface area (Å²) in [7, 11) is 1.53. The molecule has 3 aromatic rings. The Morgan fingerprint density at radius 2 is 1.89 bits per heavy atom. The van der Waals surface area contributed by atoms with Crippen molar-refractivity contribution in [3.8, 4) is 5.88 Å². The maximum atomic E-state index is 12.5. The topological polar surface area (TPSA) is 94.4 Å². The molecule has 1 aromatic heterocycles. The van der Waals surface area contributed by atoms with Gasteiger partial charge in [0.25, 0.3) is 5.69 Å². The third kappa shape index (κ3) is 4.27. The number of carbonyl (C=O) groups is 1. The summed E-state index contributed by atoms with van der Waals surface area (Å²) in [4.78, 5) is 27.6. The lowest BCUT2D eigenvalue weighted by molar-refractivity contribution is -0.384. The van der Waals surface area contributed by atoms with Crippen LogP contribution in [-0.4, -0.2) is 22.8 Å². The number of rotatable bonds is 7. The molecular weight excluding hydrogens is 346 g/mol. The Labute approximate surface area is 155 Å². The first-order chi connectivity index (χ1) is 13.1. The molecule has 7 heteroatoms. The Bertz CT molecular complexity index is 957. The summed E-state index contributed by atoms with van der Waals surface area (Å²) in [5.41, 5.74) is 1.77. The standard InChI is InChI=1S/C20H17N3O4/c1-27-19-10-7-14(13-22-19)12-21-17-9-8-16(11-18(17)23(25)26)20(24)15-5-3-2-4-6-15/h2-11,13,21H,12H2,1H3. The Morgan fingerprint density at radius 3 is 2.52 bits per heavy atom. The molecule has 7 nitrogen and oxygen atoms in total. The van der Waals surface area contributed by atoms with Crippen molar-refractivity contribution in [2.24, 2.45) is 0 Å². The van der Waals surface area contributed by atoms with Crippen molar-refractivity contribution >= 4 is 17.2 Å². The molecule has 2 aromatic carbocycles. The zero-order chi connectivity index (χ0) is 19.2. The molecular formula is C20H17N3O4. The predicted octanol–water partition coefficient (Wildman–Crippen LogP) is 3.84. The number of hydrogen-bond acceptors (Lipinski definition) is 6. The Morgan fingerprint density at radius 1 is 1.11 bits per heavy atom. The van der Waals surface area contributed by atoms with E-state index in [9.17, 15) is 14.9 Å². The number of carbonyl (C=O) groups excluding carboxylic acids is 1. The minimum atomic E-state index is -0.504. The zero-order valence-electron chi connectivity index (χ0n) is 14.6. The number of nitro benzene ring substituents is 1. The van der Waals surface area contributed by atoms with Crippen molar-refractivity contribution in [2.45, 2.75) is 6.54 Å². The van der Waals surface area contributed by atoms with Gasteiger partial charge in [-0.3, -0.25) is 14.9 Å². The molecule has 0 saturated carbocycles. The first-order valence-corrected chi connectivity index (χ1v) is 8.19. The highest BCUT2D eigenvalue weighted by molar-refractivity contribution is 6.09. The van der Waals surface area contributed by atoms with E-state index < -0.39 is 4.92 Å². The lowest BCUT2D eigenvalue weighted by Gasteiger charge is -2.09. The molecule has 0 fully saturated rings. The number of ether oxygens (including phenoxy) is 1. The predicted molar refractivity (Wildman–Crippen MR) is 101 cm³/mol. The third-order valence-corrected chi connectivity index (χ3v) is 3.98. The van der Waals surface area contributed by atoms with Crippen molar-refractivity contribution in [3.63, 3.8) is 0 Å². The largest absolute Gasteiger partial charge is 0.481 e. The van der Waals surface area contributed by atoms with Gasteiger partial charge in [-0.1, -0.05) is 36.4 Å². The molecule has 0 spiro atoms. The molecule has 0 aliphatic heterocycles. The number of hydrogen-bond donors (Lipinski definition) is 1. The average Bonchev–Trinajstić information content (AvgIpc) is 2.72. The Hall–Kier alpha value is -3.74.